The Morgan fingerprint density at radius 2 is 2.16 bits per heavy atom. The highest BCUT2D eigenvalue weighted by molar-refractivity contribution is 5.56. The molecule has 0 spiro atoms. The van der Waals surface area contributed by atoms with Crippen molar-refractivity contribution in [3.8, 4) is 0 Å². The zero-order valence-electron chi connectivity index (χ0n) is 12.4. The third-order valence-corrected chi connectivity index (χ3v) is 3.67. The minimum absolute atomic E-state index is 0.765. The quantitative estimate of drug-likeness (QED) is 0.729. The topological polar surface area (TPSA) is 24.5 Å². The van der Waals surface area contributed by atoms with Crippen molar-refractivity contribution < 1.29 is 4.74 Å². The van der Waals surface area contributed by atoms with Crippen LogP contribution >= 0.6 is 0 Å². The molecule has 19 heavy (non-hydrogen) atoms. The van der Waals surface area contributed by atoms with E-state index in [4.69, 9.17) is 4.74 Å². The van der Waals surface area contributed by atoms with Gasteiger partial charge < -0.3 is 15.0 Å². The number of aryl methyl sites for hydroxylation is 1. The Bertz CT molecular complexity index is 402. The summed E-state index contributed by atoms with van der Waals surface area (Å²) >= 11 is 0. The number of nitrogens with one attached hydrogen (secondary N) is 1. The first-order valence-electron chi connectivity index (χ1n) is 7.32. The van der Waals surface area contributed by atoms with E-state index in [0.29, 0.717) is 0 Å². The van der Waals surface area contributed by atoms with Gasteiger partial charge in [0.2, 0.25) is 0 Å². The number of anilines is 1. The van der Waals surface area contributed by atoms with Gasteiger partial charge in [-0.3, -0.25) is 0 Å². The summed E-state index contributed by atoms with van der Waals surface area (Å²) in [6, 6.07) is 7.58. The Balaban J connectivity index is 2.07. The zero-order chi connectivity index (χ0) is 13.7. The van der Waals surface area contributed by atoms with Crippen molar-refractivity contribution in [1.82, 2.24) is 5.32 Å². The Labute approximate surface area is 116 Å². The van der Waals surface area contributed by atoms with Gasteiger partial charge in [-0.1, -0.05) is 17.7 Å². The lowest BCUT2D eigenvalue weighted by molar-refractivity contribution is 0.199. The molecule has 0 heterocycles. The van der Waals surface area contributed by atoms with E-state index in [9.17, 15) is 0 Å². The van der Waals surface area contributed by atoms with Crippen LogP contribution in [0.5, 0.6) is 0 Å². The van der Waals surface area contributed by atoms with Gasteiger partial charge in [0.1, 0.15) is 0 Å². The third kappa shape index (κ3) is 3.95. The lowest BCUT2D eigenvalue weighted by Gasteiger charge is -2.26. The van der Waals surface area contributed by atoms with Crippen LogP contribution in [0, 0.1) is 6.92 Å². The maximum absolute atomic E-state index is 5.08. The number of hydrogen-bond acceptors (Lipinski definition) is 3. The molecule has 1 aliphatic carbocycles. The standard InChI is InChI=1S/C16H26N2O/c1-4-18(15-6-7-15)16-8-5-13(2)11-14(16)12-17-9-10-19-3/h5,8,11,15,17H,4,6-7,9-10,12H2,1-3H3. The SMILES string of the molecule is CCN(c1ccc(C)cc1CNCCOC)C1CC1. The summed E-state index contributed by atoms with van der Waals surface area (Å²) in [6.45, 7) is 8.10. The molecule has 0 saturated heterocycles. The summed E-state index contributed by atoms with van der Waals surface area (Å²) in [6.07, 6.45) is 2.69. The van der Waals surface area contributed by atoms with Gasteiger partial charge in [0, 0.05) is 38.5 Å². The first-order valence-corrected chi connectivity index (χ1v) is 7.32. The lowest BCUT2D eigenvalue weighted by Crippen LogP contribution is -2.27. The monoisotopic (exact) mass is 262 g/mol. The highest BCUT2D eigenvalue weighted by Crippen LogP contribution is 2.33. The Hall–Kier alpha value is -1.06. The van der Waals surface area contributed by atoms with Crippen LogP contribution in [-0.2, 0) is 11.3 Å². The fraction of sp³-hybridized carbons (Fsp3) is 0.625. The van der Waals surface area contributed by atoms with Crippen LogP contribution in [0.2, 0.25) is 0 Å². The fourth-order valence-corrected chi connectivity index (χ4v) is 2.54. The van der Waals surface area contributed by atoms with Crippen LogP contribution < -0.4 is 10.2 Å². The molecular formula is C16H26N2O. The molecule has 1 fully saturated rings. The molecule has 1 aliphatic rings. The van der Waals surface area contributed by atoms with Gasteiger partial charge in [-0.15, -0.1) is 0 Å². The summed E-state index contributed by atoms with van der Waals surface area (Å²) in [5, 5.41) is 3.46. The van der Waals surface area contributed by atoms with Gasteiger partial charge in [0.25, 0.3) is 0 Å². The van der Waals surface area contributed by atoms with Gasteiger partial charge in [0.05, 0.1) is 6.61 Å². The van der Waals surface area contributed by atoms with Crippen molar-refractivity contribution in [2.45, 2.75) is 39.3 Å². The summed E-state index contributed by atoms with van der Waals surface area (Å²) in [4.78, 5) is 2.55. The minimum atomic E-state index is 0.765. The molecule has 0 amide bonds. The van der Waals surface area contributed by atoms with E-state index in [2.05, 4.69) is 42.3 Å². The number of nitrogens with zero attached hydrogens (tertiary/aromatic N) is 1. The molecule has 1 aromatic rings. The second kappa shape index (κ2) is 6.92. The summed E-state index contributed by atoms with van der Waals surface area (Å²) in [7, 11) is 1.74. The first-order chi connectivity index (χ1) is 9.26. The van der Waals surface area contributed by atoms with E-state index in [0.717, 1.165) is 32.3 Å². The average Bonchev–Trinajstić information content (AvgIpc) is 3.22. The Kier molecular flexibility index (Phi) is 5.23. The Morgan fingerprint density at radius 1 is 1.37 bits per heavy atom. The second-order valence-corrected chi connectivity index (χ2v) is 5.32. The highest BCUT2D eigenvalue weighted by Gasteiger charge is 2.29. The van der Waals surface area contributed by atoms with Crippen molar-refractivity contribution in [3.63, 3.8) is 0 Å². The number of hydrogen-bond donors (Lipinski definition) is 1. The average molecular weight is 262 g/mol. The molecular weight excluding hydrogens is 236 g/mol. The number of benzene rings is 1. The smallest absolute Gasteiger partial charge is 0.0587 e. The van der Waals surface area contributed by atoms with E-state index in [1.807, 2.05) is 0 Å². The molecule has 1 saturated carbocycles. The third-order valence-electron chi connectivity index (χ3n) is 3.67. The van der Waals surface area contributed by atoms with Crippen LogP contribution in [0.3, 0.4) is 0 Å². The highest BCUT2D eigenvalue weighted by atomic mass is 16.5. The fourth-order valence-electron chi connectivity index (χ4n) is 2.54. The van der Waals surface area contributed by atoms with E-state index in [1.54, 1.807) is 7.11 Å². The molecule has 106 valence electrons. The normalized spacial score (nSPS) is 14.7. The molecule has 3 nitrogen and oxygen atoms in total. The van der Waals surface area contributed by atoms with Crippen molar-refractivity contribution in [3.05, 3.63) is 29.3 Å². The van der Waals surface area contributed by atoms with Gasteiger partial charge in [-0.25, -0.2) is 0 Å². The number of ether oxygens (including phenoxy) is 1. The summed E-state index contributed by atoms with van der Waals surface area (Å²) in [5.74, 6) is 0. The molecule has 0 atom stereocenters. The molecule has 0 radical (unpaired) electrons. The van der Waals surface area contributed by atoms with Crippen molar-refractivity contribution >= 4 is 5.69 Å². The van der Waals surface area contributed by atoms with Crippen LogP contribution in [0.1, 0.15) is 30.9 Å². The van der Waals surface area contributed by atoms with Crippen LogP contribution in [0.4, 0.5) is 5.69 Å². The Morgan fingerprint density at radius 3 is 2.79 bits per heavy atom. The van der Waals surface area contributed by atoms with E-state index in [1.165, 1.54) is 29.7 Å². The largest absolute Gasteiger partial charge is 0.383 e. The van der Waals surface area contributed by atoms with Gasteiger partial charge in [-0.2, -0.15) is 0 Å². The minimum Gasteiger partial charge on any atom is -0.383 e. The van der Waals surface area contributed by atoms with Gasteiger partial charge in [-0.05, 0) is 38.3 Å². The van der Waals surface area contributed by atoms with Gasteiger partial charge in [0.15, 0.2) is 0 Å². The molecule has 1 N–H and O–H groups in total. The number of methoxy groups -OCH3 is 1. The molecule has 0 aromatic heterocycles. The molecule has 1 aromatic carbocycles. The van der Waals surface area contributed by atoms with Crippen LogP contribution in [0.25, 0.3) is 0 Å². The van der Waals surface area contributed by atoms with E-state index in [-0.39, 0.29) is 0 Å². The van der Waals surface area contributed by atoms with E-state index >= 15 is 0 Å². The van der Waals surface area contributed by atoms with Crippen LogP contribution in [0.15, 0.2) is 18.2 Å². The maximum atomic E-state index is 5.08. The van der Waals surface area contributed by atoms with Crippen molar-refractivity contribution in [1.29, 1.82) is 0 Å². The molecule has 3 heteroatoms. The van der Waals surface area contributed by atoms with Crippen LogP contribution in [-0.4, -0.2) is 32.8 Å². The molecule has 0 aliphatic heterocycles. The summed E-state index contributed by atoms with van der Waals surface area (Å²) in [5.41, 5.74) is 4.14. The van der Waals surface area contributed by atoms with Crippen molar-refractivity contribution in [2.75, 3.05) is 31.7 Å². The second-order valence-electron chi connectivity index (χ2n) is 5.32. The van der Waals surface area contributed by atoms with Crippen molar-refractivity contribution in [2.24, 2.45) is 0 Å². The zero-order valence-corrected chi connectivity index (χ0v) is 12.4. The molecule has 0 unspecified atom stereocenters. The molecule has 0 bridgehead atoms. The first kappa shape index (κ1) is 14.4. The predicted octanol–water partition coefficient (Wildman–Crippen LogP) is 2.72. The maximum Gasteiger partial charge on any atom is 0.0587 e. The van der Waals surface area contributed by atoms with Gasteiger partial charge >= 0.3 is 0 Å². The van der Waals surface area contributed by atoms with E-state index < -0.39 is 0 Å². The number of rotatable bonds is 8. The predicted molar refractivity (Wildman–Crippen MR) is 80.8 cm³/mol. The molecule has 2 rings (SSSR count). The summed E-state index contributed by atoms with van der Waals surface area (Å²) < 4.78 is 5.08. The lowest BCUT2D eigenvalue weighted by atomic mass is 10.1.